The third-order valence-electron chi connectivity index (χ3n) is 1.17. The molecule has 2 N–H and O–H groups in total. The summed E-state index contributed by atoms with van der Waals surface area (Å²) in [5, 5.41) is 15.4. The van der Waals surface area contributed by atoms with Crippen molar-refractivity contribution in [2.45, 2.75) is 18.0 Å². The Morgan fingerprint density at radius 1 is 1.75 bits per heavy atom. The molecule has 0 saturated heterocycles. The van der Waals surface area contributed by atoms with Gasteiger partial charge in [-0.1, -0.05) is 11.8 Å². The summed E-state index contributed by atoms with van der Waals surface area (Å²) in [6.07, 6.45) is 2.29. The van der Waals surface area contributed by atoms with Gasteiger partial charge >= 0.3 is 5.97 Å². The Balaban J connectivity index is 2.07. The number of nitrogens with zero attached hydrogens (tertiary/aromatic N) is 2. The molecule has 0 atom stereocenters. The molecular weight excluding hydrogens is 178 g/mol. The van der Waals surface area contributed by atoms with Gasteiger partial charge in [-0.05, 0) is 6.42 Å². The Bertz CT molecular complexity index is 237. The van der Waals surface area contributed by atoms with E-state index in [0.29, 0.717) is 6.42 Å². The van der Waals surface area contributed by atoms with Crippen molar-refractivity contribution in [3.8, 4) is 0 Å². The molecule has 0 saturated carbocycles. The highest BCUT2D eigenvalue weighted by Gasteiger charge is 1.98. The lowest BCUT2D eigenvalue weighted by Gasteiger charge is -1.93. The van der Waals surface area contributed by atoms with Crippen molar-refractivity contribution in [2.24, 2.45) is 0 Å². The molecular formula is C6H9N3O2S. The molecule has 0 radical (unpaired) electrons. The van der Waals surface area contributed by atoms with Crippen LogP contribution in [-0.2, 0) is 4.79 Å². The summed E-state index contributed by atoms with van der Waals surface area (Å²) in [7, 11) is 0. The predicted molar refractivity (Wildman–Crippen MR) is 44.0 cm³/mol. The van der Waals surface area contributed by atoms with Crippen molar-refractivity contribution in [3.05, 3.63) is 6.33 Å². The summed E-state index contributed by atoms with van der Waals surface area (Å²) in [4.78, 5) is 14.0. The summed E-state index contributed by atoms with van der Waals surface area (Å²) >= 11 is 1.48. The first kappa shape index (κ1) is 9.05. The van der Waals surface area contributed by atoms with E-state index >= 15 is 0 Å². The van der Waals surface area contributed by atoms with E-state index in [2.05, 4.69) is 15.2 Å². The number of hydrogen-bond acceptors (Lipinski definition) is 4. The fourth-order valence-corrected chi connectivity index (χ4v) is 1.38. The molecule has 0 fully saturated rings. The van der Waals surface area contributed by atoms with Crippen molar-refractivity contribution in [1.82, 2.24) is 15.2 Å². The van der Waals surface area contributed by atoms with Crippen molar-refractivity contribution >= 4 is 17.7 Å². The van der Waals surface area contributed by atoms with Crippen LogP contribution in [0.5, 0.6) is 0 Å². The summed E-state index contributed by atoms with van der Waals surface area (Å²) in [5.41, 5.74) is 0. The van der Waals surface area contributed by atoms with E-state index in [0.717, 1.165) is 10.9 Å². The van der Waals surface area contributed by atoms with Crippen LogP contribution in [0.4, 0.5) is 0 Å². The molecule has 0 spiro atoms. The molecule has 1 aromatic rings. The maximum Gasteiger partial charge on any atom is 0.303 e. The van der Waals surface area contributed by atoms with Crippen LogP contribution in [0.25, 0.3) is 0 Å². The Hall–Kier alpha value is -1.04. The average molecular weight is 187 g/mol. The Morgan fingerprint density at radius 2 is 2.58 bits per heavy atom. The maximum absolute atomic E-state index is 10.1. The lowest BCUT2D eigenvalue weighted by atomic mass is 10.3. The number of aromatic amines is 1. The fourth-order valence-electron chi connectivity index (χ4n) is 0.656. The van der Waals surface area contributed by atoms with E-state index in [9.17, 15) is 4.79 Å². The smallest absolute Gasteiger partial charge is 0.303 e. The highest BCUT2D eigenvalue weighted by atomic mass is 32.2. The van der Waals surface area contributed by atoms with Crippen LogP contribution in [0.15, 0.2) is 11.5 Å². The van der Waals surface area contributed by atoms with Gasteiger partial charge in [0.2, 0.25) is 0 Å². The van der Waals surface area contributed by atoms with E-state index in [4.69, 9.17) is 5.11 Å². The topological polar surface area (TPSA) is 78.9 Å². The molecule has 0 aliphatic heterocycles. The van der Waals surface area contributed by atoms with Crippen molar-refractivity contribution in [2.75, 3.05) is 5.75 Å². The highest BCUT2D eigenvalue weighted by molar-refractivity contribution is 7.99. The average Bonchev–Trinajstić information content (AvgIpc) is 2.49. The van der Waals surface area contributed by atoms with Crippen LogP contribution in [0, 0.1) is 0 Å². The second-order valence-corrected chi connectivity index (χ2v) is 3.22. The van der Waals surface area contributed by atoms with Gasteiger partial charge in [0.05, 0.1) is 0 Å². The zero-order chi connectivity index (χ0) is 8.81. The third-order valence-corrected chi connectivity index (χ3v) is 2.13. The number of rotatable bonds is 5. The van der Waals surface area contributed by atoms with E-state index in [1.54, 1.807) is 0 Å². The minimum Gasteiger partial charge on any atom is -0.481 e. The van der Waals surface area contributed by atoms with Gasteiger partial charge < -0.3 is 5.11 Å². The van der Waals surface area contributed by atoms with Crippen LogP contribution < -0.4 is 0 Å². The number of carboxylic acids is 1. The number of carboxylic acid groups (broad SMARTS) is 1. The third kappa shape index (κ3) is 3.38. The van der Waals surface area contributed by atoms with Crippen LogP contribution in [0.2, 0.25) is 0 Å². The van der Waals surface area contributed by atoms with Gasteiger partial charge in [0, 0.05) is 12.2 Å². The normalized spacial score (nSPS) is 10.0. The van der Waals surface area contributed by atoms with E-state index in [1.165, 1.54) is 18.1 Å². The van der Waals surface area contributed by atoms with E-state index < -0.39 is 5.97 Å². The molecule has 5 nitrogen and oxygen atoms in total. The van der Waals surface area contributed by atoms with Crippen molar-refractivity contribution in [3.63, 3.8) is 0 Å². The molecule has 0 unspecified atom stereocenters. The first-order valence-corrected chi connectivity index (χ1v) is 4.47. The first-order valence-electron chi connectivity index (χ1n) is 3.49. The second-order valence-electron chi connectivity index (χ2n) is 2.14. The Labute approximate surface area is 73.6 Å². The molecule has 0 aliphatic rings. The molecule has 1 heterocycles. The molecule has 0 amide bonds. The van der Waals surface area contributed by atoms with Gasteiger partial charge in [-0.3, -0.25) is 9.89 Å². The SMILES string of the molecule is O=C(O)CCCSc1ncn[nH]1. The van der Waals surface area contributed by atoms with Gasteiger partial charge in [0.1, 0.15) is 6.33 Å². The number of H-pyrrole nitrogens is 1. The summed E-state index contributed by atoms with van der Waals surface area (Å²) in [6.45, 7) is 0. The van der Waals surface area contributed by atoms with Gasteiger partial charge in [-0.2, -0.15) is 5.10 Å². The number of thioether (sulfide) groups is 1. The van der Waals surface area contributed by atoms with Gasteiger partial charge in [0.15, 0.2) is 5.16 Å². The number of nitrogens with one attached hydrogen (secondary N) is 1. The molecule has 0 aromatic carbocycles. The minimum absolute atomic E-state index is 0.209. The van der Waals surface area contributed by atoms with Crippen LogP contribution >= 0.6 is 11.8 Å². The lowest BCUT2D eigenvalue weighted by molar-refractivity contribution is -0.137. The quantitative estimate of drug-likeness (QED) is 0.525. The van der Waals surface area contributed by atoms with Gasteiger partial charge in [-0.25, -0.2) is 4.98 Å². The molecule has 66 valence electrons. The summed E-state index contributed by atoms with van der Waals surface area (Å²) in [6, 6.07) is 0. The largest absolute Gasteiger partial charge is 0.481 e. The molecule has 12 heavy (non-hydrogen) atoms. The Kier molecular flexibility index (Phi) is 3.59. The van der Waals surface area contributed by atoms with Crippen molar-refractivity contribution in [1.29, 1.82) is 0 Å². The number of aromatic nitrogens is 3. The lowest BCUT2D eigenvalue weighted by Crippen LogP contribution is -1.94. The zero-order valence-electron chi connectivity index (χ0n) is 6.36. The summed E-state index contributed by atoms with van der Waals surface area (Å²) in [5.74, 6) is -0.00484. The molecule has 0 aliphatic carbocycles. The summed E-state index contributed by atoms with van der Waals surface area (Å²) < 4.78 is 0. The molecule has 1 aromatic heterocycles. The van der Waals surface area contributed by atoms with E-state index in [-0.39, 0.29) is 6.42 Å². The van der Waals surface area contributed by atoms with Crippen LogP contribution in [-0.4, -0.2) is 32.0 Å². The predicted octanol–water partition coefficient (Wildman–Crippen LogP) is 0.762. The van der Waals surface area contributed by atoms with E-state index in [1.807, 2.05) is 0 Å². The maximum atomic E-state index is 10.1. The fraction of sp³-hybridized carbons (Fsp3) is 0.500. The first-order chi connectivity index (χ1) is 5.79. The monoisotopic (exact) mass is 187 g/mol. The standard InChI is InChI=1S/C6H9N3O2S/c10-5(11)2-1-3-12-6-7-4-8-9-6/h4H,1-3H2,(H,10,11)(H,7,8,9). The second kappa shape index (κ2) is 4.76. The molecule has 6 heteroatoms. The highest BCUT2D eigenvalue weighted by Crippen LogP contribution is 2.12. The zero-order valence-corrected chi connectivity index (χ0v) is 7.17. The van der Waals surface area contributed by atoms with Crippen LogP contribution in [0.3, 0.4) is 0 Å². The van der Waals surface area contributed by atoms with Gasteiger partial charge in [0.25, 0.3) is 0 Å². The van der Waals surface area contributed by atoms with Crippen molar-refractivity contribution < 1.29 is 9.90 Å². The van der Waals surface area contributed by atoms with Crippen LogP contribution in [0.1, 0.15) is 12.8 Å². The number of hydrogen-bond donors (Lipinski definition) is 2. The number of aliphatic carboxylic acids is 1. The molecule has 0 bridgehead atoms. The molecule has 1 rings (SSSR count). The van der Waals surface area contributed by atoms with Gasteiger partial charge in [-0.15, -0.1) is 0 Å². The number of carbonyl (C=O) groups is 1. The minimum atomic E-state index is -0.756. The Morgan fingerprint density at radius 3 is 3.17 bits per heavy atom.